The van der Waals surface area contributed by atoms with Gasteiger partial charge in [0.05, 0.1) is 17.7 Å². The molecule has 2 rings (SSSR count). The molecule has 1 aliphatic rings. The highest BCUT2D eigenvalue weighted by Crippen LogP contribution is 2.22. The Kier molecular flexibility index (Phi) is 3.05. The highest BCUT2D eigenvalue weighted by Gasteiger charge is 2.36. The van der Waals surface area contributed by atoms with Gasteiger partial charge in [0.1, 0.15) is 6.17 Å². The van der Waals surface area contributed by atoms with E-state index in [1.807, 2.05) is 0 Å². The van der Waals surface area contributed by atoms with Gasteiger partial charge in [-0.3, -0.25) is 14.5 Å². The van der Waals surface area contributed by atoms with E-state index in [4.69, 9.17) is 0 Å². The summed E-state index contributed by atoms with van der Waals surface area (Å²) in [5, 5.41) is 0.112. The Balaban J connectivity index is 2.28. The molecule has 0 saturated heterocycles. The third-order valence-corrected chi connectivity index (χ3v) is 3.13. The number of nitrogens with zero attached hydrogens (tertiary/aromatic N) is 1. The zero-order valence-electron chi connectivity index (χ0n) is 8.32. The van der Waals surface area contributed by atoms with Crippen LogP contribution in [0.1, 0.15) is 20.7 Å². The van der Waals surface area contributed by atoms with Gasteiger partial charge in [0.25, 0.3) is 11.8 Å². The second-order valence-corrected chi connectivity index (χ2v) is 4.17. The third kappa shape index (κ3) is 1.75. The van der Waals surface area contributed by atoms with Gasteiger partial charge in [-0.2, -0.15) is 0 Å². The molecule has 1 aromatic rings. The maximum Gasteiger partial charge on any atom is 0.261 e. The van der Waals surface area contributed by atoms with Gasteiger partial charge in [0.2, 0.25) is 0 Å². The third-order valence-electron chi connectivity index (χ3n) is 2.43. The van der Waals surface area contributed by atoms with E-state index in [2.05, 4.69) is 15.9 Å². The molecule has 2 amide bonds. The summed E-state index contributed by atoms with van der Waals surface area (Å²) in [7, 11) is 0. The molecule has 1 unspecified atom stereocenters. The predicted octanol–water partition coefficient (Wildman–Crippen LogP) is 2.02. The van der Waals surface area contributed by atoms with Crippen molar-refractivity contribution in [2.24, 2.45) is 0 Å². The van der Waals surface area contributed by atoms with E-state index in [1.54, 1.807) is 24.3 Å². The van der Waals surface area contributed by atoms with Crippen molar-refractivity contribution in [1.82, 2.24) is 4.90 Å². The van der Waals surface area contributed by atoms with Gasteiger partial charge >= 0.3 is 0 Å². The number of alkyl halides is 2. The first-order valence-electron chi connectivity index (χ1n) is 4.80. The van der Waals surface area contributed by atoms with Gasteiger partial charge in [-0.1, -0.05) is 28.1 Å². The lowest BCUT2D eigenvalue weighted by molar-refractivity contribution is 0.0620. The van der Waals surface area contributed by atoms with Crippen LogP contribution in [0.15, 0.2) is 24.3 Å². The van der Waals surface area contributed by atoms with E-state index in [1.165, 1.54) is 0 Å². The van der Waals surface area contributed by atoms with Crippen molar-refractivity contribution in [3.63, 3.8) is 0 Å². The molecule has 5 heteroatoms. The number of fused-ring (bicyclic) bond motifs is 1. The largest absolute Gasteiger partial charge is 0.271 e. The quantitative estimate of drug-likeness (QED) is 0.629. The fourth-order valence-electron chi connectivity index (χ4n) is 1.65. The Labute approximate surface area is 100 Å². The molecular weight excluding hydrogens is 277 g/mol. The van der Waals surface area contributed by atoms with Crippen molar-refractivity contribution < 1.29 is 14.0 Å². The van der Waals surface area contributed by atoms with Crippen LogP contribution in [0.4, 0.5) is 4.39 Å². The van der Waals surface area contributed by atoms with Crippen LogP contribution in [0.3, 0.4) is 0 Å². The fourth-order valence-corrected chi connectivity index (χ4v) is 1.86. The van der Waals surface area contributed by atoms with Crippen molar-refractivity contribution in [2.45, 2.75) is 6.17 Å². The Morgan fingerprint density at radius 2 is 1.69 bits per heavy atom. The minimum Gasteiger partial charge on any atom is -0.271 e. The van der Waals surface area contributed by atoms with E-state index in [-0.39, 0.29) is 11.9 Å². The van der Waals surface area contributed by atoms with E-state index < -0.39 is 18.0 Å². The molecule has 0 radical (unpaired) electrons. The lowest BCUT2D eigenvalue weighted by atomic mass is 10.1. The van der Waals surface area contributed by atoms with Crippen LogP contribution in [-0.4, -0.2) is 34.8 Å². The molecule has 0 fully saturated rings. The Morgan fingerprint density at radius 1 is 1.19 bits per heavy atom. The smallest absolute Gasteiger partial charge is 0.261 e. The van der Waals surface area contributed by atoms with Gasteiger partial charge in [0.15, 0.2) is 0 Å². The van der Waals surface area contributed by atoms with Crippen LogP contribution >= 0.6 is 15.9 Å². The molecule has 1 aromatic carbocycles. The second-order valence-electron chi connectivity index (χ2n) is 3.52. The van der Waals surface area contributed by atoms with Crippen molar-refractivity contribution in [3.8, 4) is 0 Å². The molecule has 0 bridgehead atoms. The first kappa shape index (κ1) is 11.3. The summed E-state index contributed by atoms with van der Waals surface area (Å²) >= 11 is 2.97. The van der Waals surface area contributed by atoms with Crippen molar-refractivity contribution in [3.05, 3.63) is 35.4 Å². The average Bonchev–Trinajstić information content (AvgIpc) is 2.55. The van der Waals surface area contributed by atoms with Crippen LogP contribution in [0, 0.1) is 0 Å². The number of carbonyl (C=O) groups is 2. The molecule has 0 spiro atoms. The highest BCUT2D eigenvalue weighted by molar-refractivity contribution is 9.09. The van der Waals surface area contributed by atoms with Crippen LogP contribution < -0.4 is 0 Å². The summed E-state index contributed by atoms with van der Waals surface area (Å²) in [6.07, 6.45) is -1.23. The first-order valence-corrected chi connectivity index (χ1v) is 5.92. The predicted molar refractivity (Wildman–Crippen MR) is 60.5 cm³/mol. The van der Waals surface area contributed by atoms with Crippen LogP contribution in [0.5, 0.6) is 0 Å². The minimum atomic E-state index is -1.23. The SMILES string of the molecule is O=C1c2ccccc2C(=O)N1CC(F)CBr. The summed E-state index contributed by atoms with van der Waals surface area (Å²) in [4.78, 5) is 24.5. The molecule has 0 aliphatic carbocycles. The van der Waals surface area contributed by atoms with Crippen LogP contribution in [-0.2, 0) is 0 Å². The van der Waals surface area contributed by atoms with Crippen molar-refractivity contribution in [2.75, 3.05) is 11.9 Å². The van der Waals surface area contributed by atoms with E-state index >= 15 is 0 Å². The number of hydrogen-bond acceptors (Lipinski definition) is 2. The number of hydrogen-bond donors (Lipinski definition) is 0. The standard InChI is InChI=1S/C11H9BrFNO2/c12-5-7(13)6-14-10(15)8-3-1-2-4-9(8)11(14)16/h1-4,7H,5-6H2. The molecule has 84 valence electrons. The first-order chi connectivity index (χ1) is 7.65. The normalized spacial score (nSPS) is 16.5. The molecule has 0 saturated carbocycles. The van der Waals surface area contributed by atoms with Crippen LogP contribution in [0.25, 0.3) is 0 Å². The molecule has 1 heterocycles. The topological polar surface area (TPSA) is 37.4 Å². The molecular formula is C11H9BrFNO2. The number of benzene rings is 1. The van der Waals surface area contributed by atoms with E-state index in [0.717, 1.165) is 4.90 Å². The molecule has 1 aliphatic heterocycles. The van der Waals surface area contributed by atoms with Gasteiger partial charge in [0, 0.05) is 5.33 Å². The maximum atomic E-state index is 13.2. The minimum absolute atomic E-state index is 0.112. The molecule has 1 atom stereocenters. The summed E-state index contributed by atoms with van der Waals surface area (Å²) in [5.74, 6) is -0.826. The maximum absolute atomic E-state index is 13.2. The van der Waals surface area contributed by atoms with Gasteiger partial charge < -0.3 is 0 Å². The molecule has 3 nitrogen and oxygen atoms in total. The van der Waals surface area contributed by atoms with Gasteiger partial charge in [-0.15, -0.1) is 0 Å². The van der Waals surface area contributed by atoms with Crippen LogP contribution in [0.2, 0.25) is 0 Å². The Morgan fingerprint density at radius 3 is 2.12 bits per heavy atom. The summed E-state index contributed by atoms with van der Waals surface area (Å²) < 4.78 is 13.2. The highest BCUT2D eigenvalue weighted by atomic mass is 79.9. The zero-order valence-corrected chi connectivity index (χ0v) is 9.91. The summed E-state index contributed by atoms with van der Waals surface area (Å²) in [5.41, 5.74) is 0.712. The van der Waals surface area contributed by atoms with E-state index in [9.17, 15) is 14.0 Å². The lowest BCUT2D eigenvalue weighted by Crippen LogP contribution is -2.35. The van der Waals surface area contributed by atoms with Gasteiger partial charge in [-0.25, -0.2) is 4.39 Å². The number of rotatable bonds is 3. The van der Waals surface area contributed by atoms with Crippen molar-refractivity contribution >= 4 is 27.7 Å². The lowest BCUT2D eigenvalue weighted by Gasteiger charge is -2.15. The van der Waals surface area contributed by atoms with Gasteiger partial charge in [-0.05, 0) is 12.1 Å². The Bertz CT molecular complexity index is 414. The van der Waals surface area contributed by atoms with Crippen molar-refractivity contribution in [1.29, 1.82) is 0 Å². The number of carbonyl (C=O) groups excluding carboxylic acids is 2. The van der Waals surface area contributed by atoms with E-state index in [0.29, 0.717) is 11.1 Å². The summed E-state index contributed by atoms with van der Waals surface area (Å²) in [6.45, 7) is -0.197. The number of imide groups is 1. The summed E-state index contributed by atoms with van der Waals surface area (Å²) in [6, 6.07) is 6.53. The monoisotopic (exact) mass is 285 g/mol. The molecule has 0 N–H and O–H groups in total. The number of halogens is 2. The number of amides is 2. The zero-order chi connectivity index (χ0) is 11.7. The fraction of sp³-hybridized carbons (Fsp3) is 0.273. The second kappa shape index (κ2) is 4.33. The molecule has 0 aromatic heterocycles. The average molecular weight is 286 g/mol. The molecule has 16 heavy (non-hydrogen) atoms. The Hall–Kier alpha value is -1.23.